The second-order valence-corrected chi connectivity index (χ2v) is 3.28. The fraction of sp³-hybridized carbons (Fsp3) is 0.222. The fourth-order valence-corrected chi connectivity index (χ4v) is 0.848. The number of aryl methyl sites for hydroxylation is 1. The Morgan fingerprint density at radius 2 is 1.83 bits per heavy atom. The van der Waals surface area contributed by atoms with Crippen LogP contribution in [0.2, 0.25) is 0 Å². The van der Waals surface area contributed by atoms with Gasteiger partial charge in [0.15, 0.2) is 0 Å². The Balaban J connectivity index is 2.53. The highest BCUT2D eigenvalue weighted by Crippen LogP contribution is 2.06. The molecule has 1 rings (SSSR count). The van der Waals surface area contributed by atoms with Gasteiger partial charge in [-0.2, -0.15) is 0 Å². The predicted octanol–water partition coefficient (Wildman–Crippen LogP) is 2.26. The molecule has 1 aromatic rings. The Kier molecular flexibility index (Phi) is 3.05. The summed E-state index contributed by atoms with van der Waals surface area (Å²) in [6.07, 6.45) is 0. The number of hydrogen-bond acceptors (Lipinski definition) is 2. The topological polar surface area (TPSA) is 24.1 Å². The number of hydrazine groups is 1. The number of anilines is 1. The Morgan fingerprint density at radius 1 is 1.25 bits per heavy atom. The fourth-order valence-electron chi connectivity index (χ4n) is 0.797. The molecule has 0 unspecified atom stereocenters. The standard InChI is InChI=1S/C9H12N2S/c1-7-3-5-9(6-4-7)11-10-8(2)12/h3-6,11H,1-2H3,(H,10,12). The zero-order valence-electron chi connectivity index (χ0n) is 7.22. The van der Waals surface area contributed by atoms with E-state index in [1.54, 1.807) is 0 Å². The van der Waals surface area contributed by atoms with Crippen LogP contribution in [0.15, 0.2) is 24.3 Å². The SMILES string of the molecule is CC(=S)NNc1ccc(C)cc1. The second-order valence-electron chi connectivity index (χ2n) is 2.67. The van der Waals surface area contributed by atoms with Crippen molar-refractivity contribution in [3.63, 3.8) is 0 Å². The van der Waals surface area contributed by atoms with Gasteiger partial charge in [-0.05, 0) is 26.0 Å². The molecule has 0 aromatic heterocycles. The predicted molar refractivity (Wildman–Crippen MR) is 56.2 cm³/mol. The Morgan fingerprint density at radius 3 is 2.33 bits per heavy atom. The molecule has 0 radical (unpaired) electrons. The minimum Gasteiger partial charge on any atom is -0.300 e. The van der Waals surface area contributed by atoms with Crippen molar-refractivity contribution in [2.75, 3.05) is 5.43 Å². The van der Waals surface area contributed by atoms with Gasteiger partial charge in [0.25, 0.3) is 0 Å². The summed E-state index contributed by atoms with van der Waals surface area (Å²) in [5.74, 6) is 0. The number of hydrogen-bond donors (Lipinski definition) is 2. The molecule has 0 amide bonds. The van der Waals surface area contributed by atoms with E-state index in [0.717, 1.165) is 10.7 Å². The van der Waals surface area contributed by atoms with Gasteiger partial charge in [0.1, 0.15) is 0 Å². The summed E-state index contributed by atoms with van der Waals surface area (Å²) in [5.41, 5.74) is 8.11. The summed E-state index contributed by atoms with van der Waals surface area (Å²) >= 11 is 4.85. The van der Waals surface area contributed by atoms with Crippen LogP contribution >= 0.6 is 12.2 Å². The molecule has 0 aliphatic carbocycles. The maximum absolute atomic E-state index is 4.85. The Labute approximate surface area is 78.0 Å². The zero-order valence-corrected chi connectivity index (χ0v) is 8.03. The van der Waals surface area contributed by atoms with Crippen LogP contribution in [-0.4, -0.2) is 4.99 Å². The van der Waals surface area contributed by atoms with Crippen LogP contribution in [-0.2, 0) is 0 Å². The largest absolute Gasteiger partial charge is 0.300 e. The first-order chi connectivity index (χ1) is 5.68. The maximum Gasteiger partial charge on any atom is 0.0908 e. The molecule has 0 spiro atoms. The molecule has 64 valence electrons. The molecule has 0 aliphatic heterocycles. The van der Waals surface area contributed by atoms with Crippen molar-refractivity contribution in [2.45, 2.75) is 13.8 Å². The number of rotatable bonds is 2. The molecule has 0 atom stereocenters. The Hall–Kier alpha value is -1.09. The number of thiocarbonyl (C=S) groups is 1. The third-order valence-electron chi connectivity index (χ3n) is 1.43. The third-order valence-corrected chi connectivity index (χ3v) is 1.54. The molecule has 2 nitrogen and oxygen atoms in total. The van der Waals surface area contributed by atoms with Crippen LogP contribution in [0.4, 0.5) is 5.69 Å². The summed E-state index contributed by atoms with van der Waals surface area (Å²) in [6.45, 7) is 3.89. The van der Waals surface area contributed by atoms with Gasteiger partial charge in [-0.1, -0.05) is 29.9 Å². The smallest absolute Gasteiger partial charge is 0.0908 e. The summed E-state index contributed by atoms with van der Waals surface area (Å²) in [6, 6.07) is 8.09. The van der Waals surface area contributed by atoms with Gasteiger partial charge in [0.2, 0.25) is 0 Å². The van der Waals surface area contributed by atoms with Gasteiger partial charge in [-0.15, -0.1) is 0 Å². The van der Waals surface area contributed by atoms with Gasteiger partial charge >= 0.3 is 0 Å². The van der Waals surface area contributed by atoms with E-state index in [1.165, 1.54) is 5.56 Å². The minimum absolute atomic E-state index is 0.732. The van der Waals surface area contributed by atoms with Crippen LogP contribution in [0.5, 0.6) is 0 Å². The maximum atomic E-state index is 4.85. The van der Waals surface area contributed by atoms with Crippen LogP contribution < -0.4 is 10.9 Å². The van der Waals surface area contributed by atoms with E-state index >= 15 is 0 Å². The van der Waals surface area contributed by atoms with Gasteiger partial charge in [0, 0.05) is 0 Å². The third kappa shape index (κ3) is 2.88. The first kappa shape index (κ1) is 9.00. The molecule has 0 heterocycles. The van der Waals surface area contributed by atoms with E-state index in [9.17, 15) is 0 Å². The lowest BCUT2D eigenvalue weighted by Crippen LogP contribution is -2.24. The van der Waals surface area contributed by atoms with E-state index in [2.05, 4.69) is 17.8 Å². The zero-order chi connectivity index (χ0) is 8.97. The summed E-state index contributed by atoms with van der Waals surface area (Å²) in [5, 5.41) is 0. The first-order valence-corrected chi connectivity index (χ1v) is 4.18. The van der Waals surface area contributed by atoms with Gasteiger partial charge in [0.05, 0.1) is 10.7 Å². The average Bonchev–Trinajstić information content (AvgIpc) is 2.03. The van der Waals surface area contributed by atoms with Gasteiger partial charge < -0.3 is 5.43 Å². The lowest BCUT2D eigenvalue weighted by molar-refractivity contribution is 1.14. The summed E-state index contributed by atoms with van der Waals surface area (Å²) in [7, 11) is 0. The molecule has 0 saturated heterocycles. The van der Waals surface area contributed by atoms with Crippen LogP contribution in [0, 0.1) is 6.92 Å². The molecule has 2 N–H and O–H groups in total. The monoisotopic (exact) mass is 180 g/mol. The Bertz CT molecular complexity index is 266. The van der Waals surface area contributed by atoms with Crippen molar-refractivity contribution in [3.05, 3.63) is 29.8 Å². The lowest BCUT2D eigenvalue weighted by atomic mass is 10.2. The van der Waals surface area contributed by atoms with Crippen molar-refractivity contribution >= 4 is 22.9 Å². The molecule has 0 aliphatic rings. The lowest BCUT2D eigenvalue weighted by Gasteiger charge is -2.07. The van der Waals surface area contributed by atoms with Crippen molar-refractivity contribution in [1.82, 2.24) is 5.43 Å². The average molecular weight is 180 g/mol. The highest BCUT2D eigenvalue weighted by atomic mass is 32.1. The molecule has 0 bridgehead atoms. The minimum atomic E-state index is 0.732. The van der Waals surface area contributed by atoms with E-state index in [-0.39, 0.29) is 0 Å². The molecular formula is C9H12N2S. The second kappa shape index (κ2) is 4.07. The molecule has 12 heavy (non-hydrogen) atoms. The van der Waals surface area contributed by atoms with E-state index in [0.29, 0.717) is 0 Å². The van der Waals surface area contributed by atoms with Crippen LogP contribution in [0.25, 0.3) is 0 Å². The summed E-state index contributed by atoms with van der Waals surface area (Å²) < 4.78 is 0. The first-order valence-electron chi connectivity index (χ1n) is 3.78. The van der Waals surface area contributed by atoms with Gasteiger partial charge in [-0.25, -0.2) is 0 Å². The van der Waals surface area contributed by atoms with Crippen LogP contribution in [0.3, 0.4) is 0 Å². The molecule has 1 aromatic carbocycles. The molecular weight excluding hydrogens is 168 g/mol. The van der Waals surface area contributed by atoms with E-state index in [1.807, 2.05) is 31.2 Å². The van der Waals surface area contributed by atoms with E-state index < -0.39 is 0 Å². The van der Waals surface area contributed by atoms with Gasteiger partial charge in [-0.3, -0.25) is 5.43 Å². The highest BCUT2D eigenvalue weighted by Gasteiger charge is 1.89. The van der Waals surface area contributed by atoms with Crippen molar-refractivity contribution in [2.24, 2.45) is 0 Å². The quantitative estimate of drug-likeness (QED) is 0.539. The van der Waals surface area contributed by atoms with Crippen LogP contribution in [0.1, 0.15) is 12.5 Å². The molecule has 3 heteroatoms. The molecule has 0 saturated carbocycles. The van der Waals surface area contributed by atoms with Crippen molar-refractivity contribution in [1.29, 1.82) is 0 Å². The van der Waals surface area contributed by atoms with Crippen molar-refractivity contribution < 1.29 is 0 Å². The van der Waals surface area contributed by atoms with Crippen molar-refractivity contribution in [3.8, 4) is 0 Å². The summed E-state index contributed by atoms with van der Waals surface area (Å²) in [4.78, 5) is 0.732. The number of nitrogens with one attached hydrogen (secondary N) is 2. The highest BCUT2D eigenvalue weighted by molar-refractivity contribution is 7.80. The normalized spacial score (nSPS) is 9.17. The van der Waals surface area contributed by atoms with E-state index in [4.69, 9.17) is 12.2 Å². The molecule has 0 fully saturated rings. The number of benzene rings is 1.